The van der Waals surface area contributed by atoms with E-state index in [-0.39, 0.29) is 0 Å². The molecule has 0 nitrogen and oxygen atoms in total. The maximum absolute atomic E-state index is 2.35. The third-order valence-corrected chi connectivity index (χ3v) is 7.05. The summed E-state index contributed by atoms with van der Waals surface area (Å²) in [6.45, 7) is 11.0. The van der Waals surface area contributed by atoms with Crippen molar-refractivity contribution in [3.8, 4) is 55.6 Å². The summed E-state index contributed by atoms with van der Waals surface area (Å²) in [6.07, 6.45) is 0. The van der Waals surface area contributed by atoms with Crippen molar-refractivity contribution in [3.05, 3.63) is 119 Å². The maximum atomic E-state index is 2.35. The van der Waals surface area contributed by atoms with Gasteiger partial charge in [-0.1, -0.05) is 60.7 Å². The third kappa shape index (κ3) is 4.10. The van der Waals surface area contributed by atoms with Crippen LogP contribution in [0.2, 0.25) is 0 Å². The molecular formula is C35H30. The standard InChI is InChI=1S/C35H30/c1-21-6-26-16-27(7-21)29-9-23(3)11-31(18-29)33-13-25(5)15-35(20-33)34-14-24(4)12-32(19-34)30-10-22(2)8-28(26)17-30/h6-20H,1-5H3. The lowest BCUT2D eigenvalue weighted by atomic mass is 9.91. The molecule has 1 aliphatic carbocycles. The van der Waals surface area contributed by atoms with E-state index in [1.165, 1.54) is 83.5 Å². The molecular weight excluding hydrogens is 420 g/mol. The van der Waals surface area contributed by atoms with E-state index in [1.54, 1.807) is 0 Å². The summed E-state index contributed by atoms with van der Waals surface area (Å²) in [5.74, 6) is 0. The average Bonchev–Trinajstić information content (AvgIpc) is 2.81. The second-order valence-corrected chi connectivity index (χ2v) is 10.4. The fraction of sp³-hybridized carbons (Fsp3) is 0.143. The number of fused-ring (bicyclic) bond motifs is 15. The van der Waals surface area contributed by atoms with Gasteiger partial charge < -0.3 is 0 Å². The summed E-state index contributed by atoms with van der Waals surface area (Å²) in [4.78, 5) is 0. The van der Waals surface area contributed by atoms with Crippen LogP contribution in [0.15, 0.2) is 91.0 Å². The Morgan fingerprint density at radius 2 is 0.314 bits per heavy atom. The minimum atomic E-state index is 1.27. The van der Waals surface area contributed by atoms with Crippen LogP contribution in [0.1, 0.15) is 27.8 Å². The zero-order valence-corrected chi connectivity index (χ0v) is 21.2. The van der Waals surface area contributed by atoms with Gasteiger partial charge in [-0.25, -0.2) is 0 Å². The Kier molecular flexibility index (Phi) is 5.00. The van der Waals surface area contributed by atoms with Gasteiger partial charge >= 0.3 is 0 Å². The van der Waals surface area contributed by atoms with Crippen LogP contribution in [0.5, 0.6) is 0 Å². The second-order valence-electron chi connectivity index (χ2n) is 10.4. The normalized spacial score (nSPS) is 11.6. The lowest BCUT2D eigenvalue weighted by Crippen LogP contribution is -1.89. The van der Waals surface area contributed by atoms with Crippen molar-refractivity contribution < 1.29 is 0 Å². The fourth-order valence-electron chi connectivity index (χ4n) is 5.58. The molecule has 0 N–H and O–H groups in total. The van der Waals surface area contributed by atoms with E-state index in [2.05, 4.69) is 126 Å². The van der Waals surface area contributed by atoms with E-state index >= 15 is 0 Å². The molecule has 0 spiro atoms. The first-order chi connectivity index (χ1) is 16.8. The number of rotatable bonds is 0. The van der Waals surface area contributed by atoms with Gasteiger partial charge in [0.15, 0.2) is 0 Å². The highest BCUT2D eigenvalue weighted by molar-refractivity contribution is 5.84. The van der Waals surface area contributed by atoms with Crippen LogP contribution in [0.25, 0.3) is 55.6 Å². The van der Waals surface area contributed by atoms with Crippen LogP contribution in [0, 0.1) is 34.6 Å². The molecule has 0 amide bonds. The van der Waals surface area contributed by atoms with Crippen molar-refractivity contribution in [1.29, 1.82) is 0 Å². The molecule has 0 saturated heterocycles. The molecule has 170 valence electrons. The Morgan fingerprint density at radius 1 is 0.200 bits per heavy atom. The average molecular weight is 451 g/mol. The lowest BCUT2D eigenvalue weighted by Gasteiger charge is -2.13. The molecule has 0 saturated carbocycles. The van der Waals surface area contributed by atoms with Crippen molar-refractivity contribution in [1.82, 2.24) is 0 Å². The van der Waals surface area contributed by atoms with Crippen molar-refractivity contribution in [2.24, 2.45) is 0 Å². The fourth-order valence-corrected chi connectivity index (χ4v) is 5.58. The lowest BCUT2D eigenvalue weighted by molar-refractivity contribution is 1.42. The minimum absolute atomic E-state index is 1.27. The van der Waals surface area contributed by atoms with Crippen molar-refractivity contribution in [3.63, 3.8) is 0 Å². The summed E-state index contributed by atoms with van der Waals surface area (Å²) in [5.41, 5.74) is 19.1. The van der Waals surface area contributed by atoms with Crippen molar-refractivity contribution in [2.75, 3.05) is 0 Å². The van der Waals surface area contributed by atoms with Crippen LogP contribution in [-0.2, 0) is 0 Å². The second kappa shape index (κ2) is 8.10. The van der Waals surface area contributed by atoms with E-state index in [4.69, 9.17) is 0 Å². The van der Waals surface area contributed by atoms with Crippen LogP contribution >= 0.6 is 0 Å². The molecule has 5 aromatic rings. The molecule has 0 heteroatoms. The highest BCUT2D eigenvalue weighted by Gasteiger charge is 2.12. The van der Waals surface area contributed by atoms with E-state index < -0.39 is 0 Å². The van der Waals surface area contributed by atoms with Gasteiger partial charge in [-0.3, -0.25) is 0 Å². The highest BCUT2D eigenvalue weighted by Crippen LogP contribution is 2.37. The third-order valence-electron chi connectivity index (χ3n) is 7.05. The molecule has 0 aromatic heterocycles. The van der Waals surface area contributed by atoms with E-state index in [1.807, 2.05) is 0 Å². The zero-order chi connectivity index (χ0) is 24.3. The smallest absolute Gasteiger partial charge is 0.0175 e. The summed E-state index contributed by atoms with van der Waals surface area (Å²) in [6, 6.07) is 34.9. The van der Waals surface area contributed by atoms with E-state index in [0.29, 0.717) is 0 Å². The molecule has 0 radical (unpaired) electrons. The molecule has 1 aliphatic rings. The molecule has 0 atom stereocenters. The van der Waals surface area contributed by atoms with Crippen molar-refractivity contribution in [2.45, 2.75) is 34.6 Å². The number of aryl methyl sites for hydroxylation is 5. The largest absolute Gasteiger partial charge is 0.0514 e. The van der Waals surface area contributed by atoms with Crippen LogP contribution in [0.4, 0.5) is 0 Å². The van der Waals surface area contributed by atoms with Gasteiger partial charge in [-0.2, -0.15) is 0 Å². The van der Waals surface area contributed by atoms with E-state index in [0.717, 1.165) is 0 Å². The maximum Gasteiger partial charge on any atom is -0.0175 e. The quantitative estimate of drug-likeness (QED) is 0.216. The molecule has 0 aliphatic heterocycles. The molecule has 0 heterocycles. The molecule has 0 fully saturated rings. The first kappa shape index (κ1) is 21.6. The van der Waals surface area contributed by atoms with Gasteiger partial charge in [0, 0.05) is 0 Å². The SMILES string of the molecule is Cc1cc2cc(c1)-c1cc(C)cc(c1)-c1cc(C)cc(c1)-c1cc(C)cc(c1)-c1cc(C)cc-2c1. The Morgan fingerprint density at radius 3 is 0.429 bits per heavy atom. The van der Waals surface area contributed by atoms with Crippen molar-refractivity contribution >= 4 is 0 Å². The van der Waals surface area contributed by atoms with Crippen LogP contribution < -0.4 is 0 Å². The molecule has 5 aromatic carbocycles. The Hall–Kier alpha value is -3.90. The van der Waals surface area contributed by atoms with E-state index in [9.17, 15) is 0 Å². The molecule has 0 unspecified atom stereocenters. The summed E-state index contributed by atoms with van der Waals surface area (Å²) >= 11 is 0. The number of benzene rings is 5. The molecule has 10 bridgehead atoms. The predicted octanol–water partition coefficient (Wildman–Crippen LogP) is 9.88. The van der Waals surface area contributed by atoms with Gasteiger partial charge in [0.05, 0.1) is 0 Å². The Labute approximate surface area is 208 Å². The van der Waals surface area contributed by atoms with Gasteiger partial charge in [0.1, 0.15) is 0 Å². The first-order valence-electron chi connectivity index (χ1n) is 12.4. The summed E-state index contributed by atoms with van der Waals surface area (Å²) in [5, 5.41) is 0. The van der Waals surface area contributed by atoms with Crippen LogP contribution in [-0.4, -0.2) is 0 Å². The highest BCUT2D eigenvalue weighted by atomic mass is 14.2. The summed E-state index contributed by atoms with van der Waals surface area (Å²) in [7, 11) is 0. The topological polar surface area (TPSA) is 0 Å². The Balaban J connectivity index is 1.75. The van der Waals surface area contributed by atoms with Gasteiger partial charge in [-0.15, -0.1) is 0 Å². The van der Waals surface area contributed by atoms with Crippen LogP contribution in [0.3, 0.4) is 0 Å². The minimum Gasteiger partial charge on any atom is -0.0514 e. The summed E-state index contributed by atoms with van der Waals surface area (Å²) < 4.78 is 0. The molecule has 35 heavy (non-hydrogen) atoms. The number of hydrogen-bond acceptors (Lipinski definition) is 0. The van der Waals surface area contributed by atoms with Gasteiger partial charge in [0.2, 0.25) is 0 Å². The van der Waals surface area contributed by atoms with Gasteiger partial charge in [-0.05, 0) is 148 Å². The Bertz CT molecular complexity index is 1240. The zero-order valence-electron chi connectivity index (χ0n) is 21.2. The molecule has 6 rings (SSSR count). The monoisotopic (exact) mass is 450 g/mol. The van der Waals surface area contributed by atoms with Gasteiger partial charge in [0.25, 0.3) is 0 Å². The number of hydrogen-bond donors (Lipinski definition) is 0. The first-order valence-corrected chi connectivity index (χ1v) is 12.4. The predicted molar refractivity (Wildman–Crippen MR) is 151 cm³/mol.